The topological polar surface area (TPSA) is 49.9 Å². The third-order valence-electron chi connectivity index (χ3n) is 4.14. The van der Waals surface area contributed by atoms with E-state index in [1.54, 1.807) is 18.2 Å². The Morgan fingerprint density at radius 3 is 2.33 bits per heavy atom. The van der Waals surface area contributed by atoms with Gasteiger partial charge in [0.25, 0.3) is 11.8 Å². The van der Waals surface area contributed by atoms with E-state index >= 15 is 0 Å². The average molecular weight is 369 g/mol. The zero-order chi connectivity index (χ0) is 17.4. The Kier molecular flexibility index (Phi) is 4.85. The number of rotatable bonds is 3. The van der Waals surface area contributed by atoms with Gasteiger partial charge in [-0.2, -0.15) is 0 Å². The molecule has 128 valence electrons. The van der Waals surface area contributed by atoms with Gasteiger partial charge >= 0.3 is 0 Å². The molecule has 0 radical (unpaired) electrons. The van der Waals surface area contributed by atoms with E-state index in [-0.39, 0.29) is 17.9 Å². The zero-order valence-electron chi connectivity index (χ0n) is 13.5. The summed E-state index contributed by atoms with van der Waals surface area (Å²) in [5.41, 5.74) is 1.28. The molecule has 1 aromatic rings. The molecule has 3 rings (SSSR count). The van der Waals surface area contributed by atoms with Gasteiger partial charge in [0.15, 0.2) is 0 Å². The van der Waals surface area contributed by atoms with E-state index in [1.165, 1.54) is 4.90 Å². The summed E-state index contributed by atoms with van der Waals surface area (Å²) in [6.45, 7) is 5.81. The smallest absolute Gasteiger partial charge is 0.278 e. The molecule has 0 saturated carbocycles. The van der Waals surface area contributed by atoms with Crippen LogP contribution in [0.4, 0.5) is 0 Å². The molecule has 2 amide bonds. The minimum absolute atomic E-state index is 0.232. The number of ether oxygens (including phenoxy) is 1. The Balaban J connectivity index is 2.15. The minimum atomic E-state index is -0.319. The van der Waals surface area contributed by atoms with Crippen LogP contribution in [0.3, 0.4) is 0 Å². The number of hydrogen-bond donors (Lipinski definition) is 0. The second-order valence-electron chi connectivity index (χ2n) is 6.02. The quantitative estimate of drug-likeness (QED) is 0.769. The molecule has 2 aliphatic heterocycles. The van der Waals surface area contributed by atoms with Gasteiger partial charge in [-0.1, -0.05) is 29.3 Å². The number of halogens is 2. The van der Waals surface area contributed by atoms with Crippen LogP contribution in [0.1, 0.15) is 19.4 Å². The molecule has 0 aliphatic carbocycles. The first kappa shape index (κ1) is 17.3. The molecule has 0 N–H and O–H groups in total. The number of hydrogen-bond acceptors (Lipinski definition) is 4. The van der Waals surface area contributed by atoms with Crippen LogP contribution >= 0.6 is 23.2 Å². The predicted octanol–water partition coefficient (Wildman–Crippen LogP) is 2.81. The van der Waals surface area contributed by atoms with Crippen LogP contribution in [0.2, 0.25) is 10.0 Å². The molecule has 1 aromatic carbocycles. The first-order chi connectivity index (χ1) is 11.4. The Morgan fingerprint density at radius 1 is 1.08 bits per heavy atom. The first-order valence-corrected chi connectivity index (χ1v) is 8.57. The van der Waals surface area contributed by atoms with Gasteiger partial charge < -0.3 is 9.64 Å². The molecule has 24 heavy (non-hydrogen) atoms. The SMILES string of the molecule is CC(C)N1C(=O)C(c2ccc(Cl)cc2Cl)=C(N2CCOCC2)C1=O. The highest BCUT2D eigenvalue weighted by Crippen LogP contribution is 2.37. The number of imide groups is 1. The van der Waals surface area contributed by atoms with Crippen LogP contribution < -0.4 is 0 Å². The second kappa shape index (κ2) is 6.75. The van der Waals surface area contributed by atoms with Crippen LogP contribution in [0.15, 0.2) is 23.9 Å². The lowest BCUT2D eigenvalue weighted by molar-refractivity contribution is -0.139. The van der Waals surface area contributed by atoms with E-state index < -0.39 is 0 Å². The maximum Gasteiger partial charge on any atom is 0.278 e. The van der Waals surface area contributed by atoms with Crippen LogP contribution in [-0.2, 0) is 14.3 Å². The van der Waals surface area contributed by atoms with E-state index in [0.29, 0.717) is 53.2 Å². The van der Waals surface area contributed by atoms with Gasteiger partial charge in [-0.15, -0.1) is 0 Å². The molecule has 2 heterocycles. The van der Waals surface area contributed by atoms with Crippen molar-refractivity contribution in [3.05, 3.63) is 39.5 Å². The number of nitrogens with zero attached hydrogens (tertiary/aromatic N) is 2. The van der Waals surface area contributed by atoms with Crippen molar-refractivity contribution in [1.29, 1.82) is 0 Å². The van der Waals surface area contributed by atoms with Gasteiger partial charge in [-0.05, 0) is 26.0 Å². The summed E-state index contributed by atoms with van der Waals surface area (Å²) < 4.78 is 5.36. The van der Waals surface area contributed by atoms with E-state index in [1.807, 2.05) is 18.7 Å². The van der Waals surface area contributed by atoms with E-state index in [9.17, 15) is 9.59 Å². The van der Waals surface area contributed by atoms with Crippen LogP contribution in [0.5, 0.6) is 0 Å². The lowest BCUT2D eigenvalue weighted by Gasteiger charge is -2.30. The summed E-state index contributed by atoms with van der Waals surface area (Å²) in [4.78, 5) is 29.1. The molecular formula is C17H18Cl2N2O3. The van der Waals surface area contributed by atoms with Crippen molar-refractivity contribution in [2.75, 3.05) is 26.3 Å². The van der Waals surface area contributed by atoms with Crippen LogP contribution in [-0.4, -0.2) is 54.0 Å². The molecule has 2 aliphatic rings. The number of benzene rings is 1. The lowest BCUT2D eigenvalue weighted by atomic mass is 10.0. The zero-order valence-corrected chi connectivity index (χ0v) is 15.0. The maximum absolute atomic E-state index is 12.9. The Hall–Kier alpha value is -1.56. The Bertz CT molecular complexity index is 725. The highest BCUT2D eigenvalue weighted by Gasteiger charge is 2.43. The molecular weight excluding hydrogens is 351 g/mol. The van der Waals surface area contributed by atoms with Gasteiger partial charge in [-0.25, -0.2) is 0 Å². The summed E-state index contributed by atoms with van der Waals surface area (Å²) in [7, 11) is 0. The third-order valence-corrected chi connectivity index (χ3v) is 4.68. The monoisotopic (exact) mass is 368 g/mol. The molecule has 0 atom stereocenters. The van der Waals surface area contributed by atoms with Gasteiger partial charge in [0.2, 0.25) is 0 Å². The summed E-state index contributed by atoms with van der Waals surface area (Å²) >= 11 is 12.3. The maximum atomic E-state index is 12.9. The van der Waals surface area contributed by atoms with Crippen LogP contribution in [0, 0.1) is 0 Å². The largest absolute Gasteiger partial charge is 0.378 e. The van der Waals surface area contributed by atoms with Gasteiger partial charge in [0.05, 0.1) is 23.8 Å². The molecule has 0 unspecified atom stereocenters. The molecule has 1 saturated heterocycles. The number of carbonyl (C=O) groups is 2. The summed E-state index contributed by atoms with van der Waals surface area (Å²) in [6.07, 6.45) is 0. The minimum Gasteiger partial charge on any atom is -0.378 e. The van der Waals surface area contributed by atoms with Crippen molar-refractivity contribution >= 4 is 40.6 Å². The fourth-order valence-electron chi connectivity index (χ4n) is 3.02. The van der Waals surface area contributed by atoms with Gasteiger partial charge in [0.1, 0.15) is 5.70 Å². The fourth-order valence-corrected chi connectivity index (χ4v) is 3.52. The number of amides is 2. The standard InChI is InChI=1S/C17H18Cl2N2O3/c1-10(2)21-16(22)14(12-4-3-11(18)9-13(12)19)15(17(21)23)20-5-7-24-8-6-20/h3-4,9-10H,5-8H2,1-2H3. The highest BCUT2D eigenvalue weighted by atomic mass is 35.5. The summed E-state index contributed by atoms with van der Waals surface area (Å²) in [5.74, 6) is -0.598. The molecule has 5 nitrogen and oxygen atoms in total. The third kappa shape index (κ3) is 2.92. The van der Waals surface area contributed by atoms with E-state index in [0.717, 1.165) is 0 Å². The Morgan fingerprint density at radius 2 is 1.75 bits per heavy atom. The number of morpholine rings is 1. The highest BCUT2D eigenvalue weighted by molar-refractivity contribution is 6.41. The molecule has 7 heteroatoms. The number of carbonyl (C=O) groups excluding carboxylic acids is 2. The summed E-state index contributed by atoms with van der Waals surface area (Å²) in [6, 6.07) is 4.71. The predicted molar refractivity (Wildman–Crippen MR) is 92.8 cm³/mol. The second-order valence-corrected chi connectivity index (χ2v) is 6.86. The van der Waals surface area contributed by atoms with Crippen molar-refractivity contribution in [2.24, 2.45) is 0 Å². The van der Waals surface area contributed by atoms with Crippen LogP contribution in [0.25, 0.3) is 5.57 Å². The van der Waals surface area contributed by atoms with Crippen molar-refractivity contribution in [1.82, 2.24) is 9.80 Å². The summed E-state index contributed by atoms with van der Waals surface area (Å²) in [5, 5.41) is 0.838. The Labute approximate surface area is 150 Å². The van der Waals surface area contributed by atoms with Gasteiger partial charge in [0, 0.05) is 29.7 Å². The molecule has 0 aromatic heterocycles. The van der Waals surface area contributed by atoms with E-state index in [4.69, 9.17) is 27.9 Å². The normalized spacial score (nSPS) is 19.0. The molecule has 0 bridgehead atoms. The molecule has 0 spiro atoms. The average Bonchev–Trinajstić information content (AvgIpc) is 2.79. The van der Waals surface area contributed by atoms with Gasteiger partial charge in [-0.3, -0.25) is 14.5 Å². The van der Waals surface area contributed by atoms with Crippen molar-refractivity contribution in [3.8, 4) is 0 Å². The van der Waals surface area contributed by atoms with Crippen molar-refractivity contribution < 1.29 is 14.3 Å². The molecule has 1 fully saturated rings. The van der Waals surface area contributed by atoms with Crippen molar-refractivity contribution in [2.45, 2.75) is 19.9 Å². The lowest BCUT2D eigenvalue weighted by Crippen LogP contribution is -2.42. The van der Waals surface area contributed by atoms with Crippen molar-refractivity contribution in [3.63, 3.8) is 0 Å². The first-order valence-electron chi connectivity index (χ1n) is 7.82. The van der Waals surface area contributed by atoms with E-state index in [2.05, 4.69) is 0 Å². The fraction of sp³-hybridized carbons (Fsp3) is 0.412.